The Balaban J connectivity index is 2.37. The topological polar surface area (TPSA) is 9.23 Å². The van der Waals surface area contributed by atoms with Crippen molar-refractivity contribution < 1.29 is 13.5 Å². The summed E-state index contributed by atoms with van der Waals surface area (Å²) in [5, 5.41) is 0.429. The molecule has 0 aliphatic carbocycles. The van der Waals surface area contributed by atoms with Crippen molar-refractivity contribution >= 4 is 23.2 Å². The van der Waals surface area contributed by atoms with Gasteiger partial charge in [0.1, 0.15) is 23.1 Å². The molecule has 0 heterocycles. The van der Waals surface area contributed by atoms with E-state index in [0.29, 0.717) is 0 Å². The van der Waals surface area contributed by atoms with Crippen molar-refractivity contribution in [3.8, 4) is 11.5 Å². The van der Waals surface area contributed by atoms with Crippen LogP contribution >= 0.6 is 23.2 Å². The molecule has 0 fully saturated rings. The van der Waals surface area contributed by atoms with Crippen molar-refractivity contribution in [2.75, 3.05) is 0 Å². The van der Waals surface area contributed by atoms with Crippen LogP contribution in [0.1, 0.15) is 0 Å². The van der Waals surface area contributed by atoms with E-state index < -0.39 is 11.6 Å². The summed E-state index contributed by atoms with van der Waals surface area (Å²) < 4.78 is 31.2. The fourth-order valence-corrected chi connectivity index (χ4v) is 1.54. The van der Waals surface area contributed by atoms with E-state index in [9.17, 15) is 8.78 Å². The molecule has 0 amide bonds. The molecule has 0 saturated heterocycles. The molecule has 17 heavy (non-hydrogen) atoms. The van der Waals surface area contributed by atoms with Gasteiger partial charge in [0.2, 0.25) is 0 Å². The SMILES string of the molecule is Fc1ccc(Cl)c(Oc2cc(F)ccc2Cl)c1. The largest absolute Gasteiger partial charge is 0.454 e. The lowest BCUT2D eigenvalue weighted by Crippen LogP contribution is -1.88. The predicted octanol–water partition coefficient (Wildman–Crippen LogP) is 5.06. The molecular formula is C12H6Cl2F2O. The Hall–Kier alpha value is -1.32. The third-order valence-corrected chi connectivity index (χ3v) is 2.63. The van der Waals surface area contributed by atoms with Crippen LogP contribution in [-0.4, -0.2) is 0 Å². The standard InChI is InChI=1S/C12H6Cl2F2O/c13-9-3-1-7(15)5-11(9)17-12-6-8(16)2-4-10(12)14/h1-6H. The van der Waals surface area contributed by atoms with Gasteiger partial charge in [-0.2, -0.15) is 0 Å². The van der Waals surface area contributed by atoms with Crippen LogP contribution in [-0.2, 0) is 0 Å². The van der Waals surface area contributed by atoms with Gasteiger partial charge >= 0.3 is 0 Å². The number of ether oxygens (including phenoxy) is 1. The molecule has 0 aliphatic heterocycles. The second-order valence-electron chi connectivity index (χ2n) is 3.25. The molecule has 0 radical (unpaired) electrons. The molecule has 2 rings (SSSR count). The van der Waals surface area contributed by atoms with Gasteiger partial charge < -0.3 is 4.74 Å². The van der Waals surface area contributed by atoms with Crippen LogP contribution < -0.4 is 4.74 Å². The van der Waals surface area contributed by atoms with Crippen LogP contribution in [0.3, 0.4) is 0 Å². The van der Waals surface area contributed by atoms with Gasteiger partial charge in [-0.1, -0.05) is 23.2 Å². The van der Waals surface area contributed by atoms with Crippen LogP contribution in [0, 0.1) is 11.6 Å². The molecule has 0 aliphatic rings. The molecule has 0 aromatic heterocycles. The average molecular weight is 275 g/mol. The zero-order valence-electron chi connectivity index (χ0n) is 8.38. The zero-order valence-corrected chi connectivity index (χ0v) is 9.90. The Labute approximate surface area is 107 Å². The Kier molecular flexibility index (Phi) is 3.50. The van der Waals surface area contributed by atoms with E-state index in [1.54, 1.807) is 0 Å². The Morgan fingerprint density at radius 3 is 1.59 bits per heavy atom. The van der Waals surface area contributed by atoms with Crippen molar-refractivity contribution in [2.45, 2.75) is 0 Å². The van der Waals surface area contributed by atoms with E-state index in [-0.39, 0.29) is 21.5 Å². The number of halogens is 4. The van der Waals surface area contributed by atoms with Crippen molar-refractivity contribution in [3.63, 3.8) is 0 Å². The molecule has 1 nitrogen and oxygen atoms in total. The van der Waals surface area contributed by atoms with Gasteiger partial charge in [0.25, 0.3) is 0 Å². The van der Waals surface area contributed by atoms with E-state index in [1.165, 1.54) is 24.3 Å². The number of hydrogen-bond donors (Lipinski definition) is 0. The van der Waals surface area contributed by atoms with Gasteiger partial charge in [-0.05, 0) is 24.3 Å². The summed E-state index contributed by atoms with van der Waals surface area (Å²) in [6, 6.07) is 7.29. The summed E-state index contributed by atoms with van der Waals surface area (Å²) in [5.74, 6) is -0.841. The predicted molar refractivity (Wildman–Crippen MR) is 62.9 cm³/mol. The highest BCUT2D eigenvalue weighted by Gasteiger charge is 2.08. The molecule has 0 saturated carbocycles. The lowest BCUT2D eigenvalue weighted by atomic mass is 10.3. The van der Waals surface area contributed by atoms with Gasteiger partial charge in [0.05, 0.1) is 10.0 Å². The summed E-state index contributed by atoms with van der Waals surface area (Å²) in [6.45, 7) is 0. The Morgan fingerprint density at radius 2 is 1.18 bits per heavy atom. The number of rotatable bonds is 2. The highest BCUT2D eigenvalue weighted by atomic mass is 35.5. The first-order chi connectivity index (χ1) is 8.06. The second kappa shape index (κ2) is 4.90. The highest BCUT2D eigenvalue weighted by Crippen LogP contribution is 2.34. The number of benzene rings is 2. The molecule has 88 valence electrons. The highest BCUT2D eigenvalue weighted by molar-refractivity contribution is 6.32. The molecule has 0 unspecified atom stereocenters. The maximum Gasteiger partial charge on any atom is 0.149 e. The molecule has 2 aromatic rings. The van der Waals surface area contributed by atoms with E-state index in [4.69, 9.17) is 27.9 Å². The third-order valence-electron chi connectivity index (χ3n) is 2.01. The van der Waals surface area contributed by atoms with Crippen LogP contribution in [0.15, 0.2) is 36.4 Å². The third kappa shape index (κ3) is 2.87. The maximum absolute atomic E-state index is 13.0. The van der Waals surface area contributed by atoms with Gasteiger partial charge in [0.15, 0.2) is 0 Å². The molecule has 2 aromatic carbocycles. The molecule has 5 heteroatoms. The summed E-state index contributed by atoms with van der Waals surface area (Å²) in [5.41, 5.74) is 0. The van der Waals surface area contributed by atoms with Crippen molar-refractivity contribution in [3.05, 3.63) is 58.1 Å². The Bertz CT molecular complexity index is 509. The van der Waals surface area contributed by atoms with Crippen LogP contribution in [0.5, 0.6) is 11.5 Å². The minimum Gasteiger partial charge on any atom is -0.454 e. The summed E-state index contributed by atoms with van der Waals surface area (Å²) in [4.78, 5) is 0. The molecule has 0 N–H and O–H groups in total. The van der Waals surface area contributed by atoms with E-state index in [2.05, 4.69) is 0 Å². The summed E-state index contributed by atoms with van der Waals surface area (Å²) in [7, 11) is 0. The average Bonchev–Trinajstić information content (AvgIpc) is 2.28. The lowest BCUT2D eigenvalue weighted by molar-refractivity contribution is 0.472. The fraction of sp³-hybridized carbons (Fsp3) is 0. The number of hydrogen-bond acceptors (Lipinski definition) is 1. The van der Waals surface area contributed by atoms with E-state index in [0.717, 1.165) is 12.1 Å². The first-order valence-electron chi connectivity index (χ1n) is 4.64. The monoisotopic (exact) mass is 274 g/mol. The van der Waals surface area contributed by atoms with Crippen molar-refractivity contribution in [1.29, 1.82) is 0 Å². The van der Waals surface area contributed by atoms with Gasteiger partial charge in [-0.3, -0.25) is 0 Å². The molecule has 0 spiro atoms. The second-order valence-corrected chi connectivity index (χ2v) is 4.07. The van der Waals surface area contributed by atoms with Crippen LogP contribution in [0.25, 0.3) is 0 Å². The van der Waals surface area contributed by atoms with Crippen LogP contribution in [0.4, 0.5) is 8.78 Å². The van der Waals surface area contributed by atoms with Gasteiger partial charge in [-0.25, -0.2) is 8.78 Å². The minimum atomic E-state index is -0.503. The van der Waals surface area contributed by atoms with Crippen molar-refractivity contribution in [1.82, 2.24) is 0 Å². The van der Waals surface area contributed by atoms with Gasteiger partial charge in [-0.15, -0.1) is 0 Å². The van der Waals surface area contributed by atoms with Crippen molar-refractivity contribution in [2.24, 2.45) is 0 Å². The quantitative estimate of drug-likeness (QED) is 0.744. The maximum atomic E-state index is 13.0. The molecule has 0 bridgehead atoms. The fourth-order valence-electron chi connectivity index (χ4n) is 1.23. The van der Waals surface area contributed by atoms with Crippen LogP contribution in [0.2, 0.25) is 10.0 Å². The first kappa shape index (κ1) is 12.1. The molecular weight excluding hydrogens is 269 g/mol. The normalized spacial score (nSPS) is 10.4. The minimum absolute atomic E-state index is 0.0826. The smallest absolute Gasteiger partial charge is 0.149 e. The zero-order chi connectivity index (χ0) is 12.4. The first-order valence-corrected chi connectivity index (χ1v) is 5.40. The summed E-state index contributed by atoms with van der Waals surface area (Å²) >= 11 is 11.6. The lowest BCUT2D eigenvalue weighted by Gasteiger charge is -2.09. The summed E-state index contributed by atoms with van der Waals surface area (Å²) in [6.07, 6.45) is 0. The Morgan fingerprint density at radius 1 is 0.765 bits per heavy atom. The molecule has 0 atom stereocenters. The van der Waals surface area contributed by atoms with Gasteiger partial charge in [0, 0.05) is 12.1 Å². The van der Waals surface area contributed by atoms with E-state index in [1.807, 2.05) is 0 Å². The van der Waals surface area contributed by atoms with E-state index >= 15 is 0 Å².